The third-order valence-corrected chi connectivity index (χ3v) is 4.39. The molecule has 25 heavy (non-hydrogen) atoms. The van der Waals surface area contributed by atoms with E-state index in [1.165, 1.54) is 12.7 Å². The van der Waals surface area contributed by atoms with Gasteiger partial charge < -0.3 is 14.1 Å². The first kappa shape index (κ1) is 17.2. The number of anilines is 1. The Kier molecular flexibility index (Phi) is 4.90. The van der Waals surface area contributed by atoms with Crippen molar-refractivity contribution in [3.8, 4) is 0 Å². The van der Waals surface area contributed by atoms with Gasteiger partial charge in [-0.3, -0.25) is 9.69 Å². The smallest absolute Gasteiger partial charge is 0.341 e. The van der Waals surface area contributed by atoms with Crippen LogP contribution >= 0.6 is 0 Å². The van der Waals surface area contributed by atoms with Crippen LogP contribution in [0.2, 0.25) is 0 Å². The Morgan fingerprint density at radius 3 is 2.84 bits per heavy atom. The zero-order valence-electron chi connectivity index (χ0n) is 14.7. The number of furan rings is 1. The van der Waals surface area contributed by atoms with E-state index >= 15 is 0 Å². The van der Waals surface area contributed by atoms with E-state index in [9.17, 15) is 9.59 Å². The summed E-state index contributed by atoms with van der Waals surface area (Å²) in [6, 6.07) is 9.67. The van der Waals surface area contributed by atoms with E-state index in [0.717, 1.165) is 18.7 Å². The molecule has 0 unspecified atom stereocenters. The van der Waals surface area contributed by atoms with Gasteiger partial charge in [0.15, 0.2) is 0 Å². The van der Waals surface area contributed by atoms with Gasteiger partial charge in [-0.2, -0.15) is 0 Å². The molecule has 0 radical (unpaired) electrons. The predicted octanol–water partition coefficient (Wildman–Crippen LogP) is 2.40. The lowest BCUT2D eigenvalue weighted by atomic mass is 10.2. The van der Waals surface area contributed by atoms with Crippen molar-refractivity contribution in [1.29, 1.82) is 0 Å². The first-order valence-corrected chi connectivity index (χ1v) is 8.24. The predicted molar refractivity (Wildman–Crippen MR) is 93.6 cm³/mol. The number of benzene rings is 1. The van der Waals surface area contributed by atoms with E-state index in [2.05, 4.69) is 6.07 Å². The molecule has 1 amide bonds. The first-order chi connectivity index (χ1) is 12.0. The summed E-state index contributed by atoms with van der Waals surface area (Å²) in [5, 5.41) is 0. The number of likely N-dealkylation sites (N-methyl/N-ethyl adjacent to an activating group) is 1. The number of esters is 1. The quantitative estimate of drug-likeness (QED) is 0.781. The molecule has 0 bridgehead atoms. The molecule has 3 rings (SSSR count). The lowest BCUT2D eigenvalue weighted by molar-refractivity contribution is -0.119. The molecule has 0 saturated heterocycles. The zero-order valence-corrected chi connectivity index (χ0v) is 14.7. The number of carbonyl (C=O) groups is 2. The van der Waals surface area contributed by atoms with E-state index in [0.29, 0.717) is 23.6 Å². The standard InChI is InChI=1S/C19H22N2O4/c1-13-16(19(23)24-3)10-15(25-13)11-20(2)12-18(22)21-9-8-14-6-4-5-7-17(14)21/h4-7,10H,8-9,11-12H2,1-3H3. The lowest BCUT2D eigenvalue weighted by Gasteiger charge is -2.21. The van der Waals surface area contributed by atoms with Gasteiger partial charge in [0.1, 0.15) is 17.1 Å². The number of aryl methyl sites for hydroxylation is 1. The molecule has 6 nitrogen and oxygen atoms in total. The molecule has 0 aliphatic carbocycles. The molecule has 2 heterocycles. The average molecular weight is 342 g/mol. The fourth-order valence-corrected chi connectivity index (χ4v) is 3.17. The van der Waals surface area contributed by atoms with Crippen LogP contribution in [0.1, 0.15) is 27.4 Å². The average Bonchev–Trinajstić information content (AvgIpc) is 3.17. The van der Waals surface area contributed by atoms with E-state index in [1.54, 1.807) is 13.0 Å². The summed E-state index contributed by atoms with van der Waals surface area (Å²) in [5.74, 6) is 0.800. The van der Waals surface area contributed by atoms with Crippen molar-refractivity contribution in [1.82, 2.24) is 4.90 Å². The van der Waals surface area contributed by atoms with Crippen molar-refractivity contribution in [2.75, 3.05) is 32.1 Å². The molecule has 0 spiro atoms. The number of amides is 1. The first-order valence-electron chi connectivity index (χ1n) is 8.24. The fraction of sp³-hybridized carbons (Fsp3) is 0.368. The number of nitrogens with zero attached hydrogens (tertiary/aromatic N) is 2. The van der Waals surface area contributed by atoms with Gasteiger partial charge in [0.05, 0.1) is 20.2 Å². The highest BCUT2D eigenvalue weighted by Gasteiger charge is 2.25. The topological polar surface area (TPSA) is 63.0 Å². The Labute approximate surface area is 147 Å². The Morgan fingerprint density at radius 1 is 1.32 bits per heavy atom. The van der Waals surface area contributed by atoms with Crippen LogP contribution < -0.4 is 4.90 Å². The largest absolute Gasteiger partial charge is 0.465 e. The molecular formula is C19H22N2O4. The maximum Gasteiger partial charge on any atom is 0.341 e. The van der Waals surface area contributed by atoms with E-state index < -0.39 is 5.97 Å². The van der Waals surface area contributed by atoms with Gasteiger partial charge in [0.25, 0.3) is 0 Å². The lowest BCUT2D eigenvalue weighted by Crippen LogP contribution is -2.37. The van der Waals surface area contributed by atoms with Crippen molar-refractivity contribution < 1.29 is 18.7 Å². The minimum Gasteiger partial charge on any atom is -0.465 e. The number of fused-ring (bicyclic) bond motifs is 1. The van der Waals surface area contributed by atoms with Crippen LogP contribution in [0.3, 0.4) is 0 Å². The van der Waals surface area contributed by atoms with Gasteiger partial charge >= 0.3 is 5.97 Å². The molecule has 0 atom stereocenters. The Bertz CT molecular complexity index is 796. The number of ether oxygens (including phenoxy) is 1. The van der Waals surface area contributed by atoms with Crippen molar-refractivity contribution in [3.63, 3.8) is 0 Å². The number of para-hydroxylation sites is 1. The number of hydrogen-bond donors (Lipinski definition) is 0. The van der Waals surface area contributed by atoms with E-state index in [-0.39, 0.29) is 12.5 Å². The summed E-state index contributed by atoms with van der Waals surface area (Å²) in [6.07, 6.45) is 0.894. The second-order valence-corrected chi connectivity index (χ2v) is 6.27. The number of methoxy groups -OCH3 is 1. The number of rotatable bonds is 5. The van der Waals surface area contributed by atoms with Crippen molar-refractivity contribution in [2.24, 2.45) is 0 Å². The molecule has 6 heteroatoms. The van der Waals surface area contributed by atoms with Gasteiger partial charge in [-0.1, -0.05) is 18.2 Å². The molecule has 1 aromatic carbocycles. The summed E-state index contributed by atoms with van der Waals surface area (Å²) >= 11 is 0. The summed E-state index contributed by atoms with van der Waals surface area (Å²) in [4.78, 5) is 28.0. The van der Waals surface area contributed by atoms with Crippen LogP contribution in [0, 0.1) is 6.92 Å². The molecule has 0 fully saturated rings. The summed E-state index contributed by atoms with van der Waals surface area (Å²) in [5.41, 5.74) is 2.64. The van der Waals surface area contributed by atoms with Gasteiger partial charge in [-0.25, -0.2) is 4.79 Å². The van der Waals surface area contributed by atoms with Crippen LogP contribution in [0.25, 0.3) is 0 Å². The van der Waals surface area contributed by atoms with Crippen molar-refractivity contribution >= 4 is 17.6 Å². The maximum absolute atomic E-state index is 12.6. The van der Waals surface area contributed by atoms with E-state index in [4.69, 9.17) is 9.15 Å². The van der Waals surface area contributed by atoms with Gasteiger partial charge in [0.2, 0.25) is 5.91 Å². The minimum atomic E-state index is -0.417. The fourth-order valence-electron chi connectivity index (χ4n) is 3.17. The zero-order chi connectivity index (χ0) is 18.0. The van der Waals surface area contributed by atoms with Crippen LogP contribution in [0.5, 0.6) is 0 Å². The molecule has 1 aliphatic heterocycles. The van der Waals surface area contributed by atoms with Crippen LogP contribution in [-0.2, 0) is 22.5 Å². The number of carbonyl (C=O) groups excluding carboxylic acids is 2. The summed E-state index contributed by atoms with van der Waals surface area (Å²) in [7, 11) is 3.20. The van der Waals surface area contributed by atoms with Crippen LogP contribution in [0.15, 0.2) is 34.7 Å². The molecule has 132 valence electrons. The number of hydrogen-bond acceptors (Lipinski definition) is 5. The SMILES string of the molecule is COC(=O)c1cc(CN(C)CC(=O)N2CCc3ccccc32)oc1C. The van der Waals surface area contributed by atoms with E-state index in [1.807, 2.05) is 35.0 Å². The van der Waals surface area contributed by atoms with Gasteiger partial charge in [-0.15, -0.1) is 0 Å². The van der Waals surface area contributed by atoms with Crippen LogP contribution in [0.4, 0.5) is 5.69 Å². The van der Waals surface area contributed by atoms with Crippen molar-refractivity contribution in [3.05, 3.63) is 53.0 Å². The normalized spacial score (nSPS) is 13.2. The monoisotopic (exact) mass is 342 g/mol. The van der Waals surface area contributed by atoms with Crippen LogP contribution in [-0.4, -0.2) is 44.0 Å². The minimum absolute atomic E-state index is 0.0592. The highest BCUT2D eigenvalue weighted by molar-refractivity contribution is 5.96. The third kappa shape index (κ3) is 3.58. The molecule has 0 saturated carbocycles. The second kappa shape index (κ2) is 7.11. The Balaban J connectivity index is 1.62. The van der Waals surface area contributed by atoms with Crippen molar-refractivity contribution in [2.45, 2.75) is 19.9 Å². The molecule has 0 N–H and O–H groups in total. The molecule has 1 aromatic heterocycles. The summed E-state index contributed by atoms with van der Waals surface area (Å²) < 4.78 is 10.3. The van der Waals surface area contributed by atoms with Gasteiger partial charge in [-0.05, 0) is 38.1 Å². The maximum atomic E-state index is 12.6. The highest BCUT2D eigenvalue weighted by Crippen LogP contribution is 2.27. The molecule has 2 aromatic rings. The molecular weight excluding hydrogens is 320 g/mol. The highest BCUT2D eigenvalue weighted by atomic mass is 16.5. The Hall–Kier alpha value is -2.60. The summed E-state index contributed by atoms with van der Waals surface area (Å²) in [6.45, 7) is 3.17. The van der Waals surface area contributed by atoms with Gasteiger partial charge in [0, 0.05) is 12.2 Å². The second-order valence-electron chi connectivity index (χ2n) is 6.27. The Morgan fingerprint density at radius 2 is 2.08 bits per heavy atom. The molecule has 1 aliphatic rings. The third-order valence-electron chi connectivity index (χ3n) is 4.39.